The summed E-state index contributed by atoms with van der Waals surface area (Å²) in [6.45, 7) is 0. The monoisotopic (exact) mass is 534 g/mol. The minimum atomic E-state index is -3.03. The van der Waals surface area contributed by atoms with Gasteiger partial charge < -0.3 is 4.57 Å². The Hall–Kier alpha value is -4.99. The number of hydrogen-bond acceptors (Lipinski definition) is 5. The van der Waals surface area contributed by atoms with Crippen molar-refractivity contribution in [3.63, 3.8) is 0 Å². The van der Waals surface area contributed by atoms with E-state index in [0.717, 1.165) is 54.5 Å². The van der Waals surface area contributed by atoms with Crippen LogP contribution >= 0.6 is 7.14 Å². The van der Waals surface area contributed by atoms with Gasteiger partial charge in [0.15, 0.2) is 13.0 Å². The zero-order chi connectivity index (χ0) is 26.9. The summed E-state index contributed by atoms with van der Waals surface area (Å²) >= 11 is 0. The molecule has 0 radical (unpaired) electrons. The number of rotatable bonds is 5. The molecule has 0 fully saturated rings. The predicted octanol–water partition coefficient (Wildman–Crippen LogP) is 6.55. The summed E-state index contributed by atoms with van der Waals surface area (Å²) in [6, 6.07) is 39.2. The van der Waals surface area contributed by atoms with Gasteiger partial charge in [0.1, 0.15) is 0 Å². The summed E-state index contributed by atoms with van der Waals surface area (Å²) < 4.78 is 14.6. The topological polar surface area (TPSA) is 68.6 Å². The van der Waals surface area contributed by atoms with Gasteiger partial charge in [0.25, 0.3) is 0 Å². The van der Waals surface area contributed by atoms with Crippen molar-refractivity contribution in [1.29, 1.82) is 0 Å². The van der Waals surface area contributed by atoms with E-state index >= 15 is 0 Å². The number of benzene rings is 4. The molecule has 6 heteroatoms. The van der Waals surface area contributed by atoms with Crippen LogP contribution in [-0.2, 0) is 4.57 Å². The van der Waals surface area contributed by atoms with Gasteiger partial charge in [-0.3, -0.25) is 4.98 Å². The minimum absolute atomic E-state index is 0.595. The van der Waals surface area contributed by atoms with Gasteiger partial charge in [-0.2, -0.15) is 0 Å². The third-order valence-corrected chi connectivity index (χ3v) is 10.2. The second-order valence-electron chi connectivity index (χ2n) is 9.53. The standard InChI is InChI=1S/C34H23N4OP/c39-40(28-9-3-1-4-10-28,29-11-5-2-6-12-29)30-18-15-26(16-19-30)34-36-22-27(23-37-34)31-20-17-25-14-13-24-8-7-21-35-32(24)33(25)38-31/h1-23H. The van der Waals surface area contributed by atoms with Crippen LogP contribution in [0.4, 0.5) is 0 Å². The van der Waals surface area contributed by atoms with E-state index < -0.39 is 7.14 Å². The lowest BCUT2D eigenvalue weighted by Crippen LogP contribution is -2.24. The molecular weight excluding hydrogens is 511 g/mol. The van der Waals surface area contributed by atoms with Crippen LogP contribution in [0.1, 0.15) is 0 Å². The molecule has 0 saturated carbocycles. The van der Waals surface area contributed by atoms with Crippen molar-refractivity contribution in [2.75, 3.05) is 0 Å². The Balaban J connectivity index is 1.22. The van der Waals surface area contributed by atoms with E-state index in [1.807, 2.05) is 103 Å². The fourth-order valence-corrected chi connectivity index (χ4v) is 7.68. The molecule has 0 aliphatic rings. The first-order valence-corrected chi connectivity index (χ1v) is 14.7. The molecule has 0 spiro atoms. The maximum Gasteiger partial charge on any atom is 0.171 e. The molecule has 190 valence electrons. The lowest BCUT2D eigenvalue weighted by atomic mass is 10.1. The zero-order valence-electron chi connectivity index (χ0n) is 21.4. The Morgan fingerprint density at radius 1 is 0.475 bits per heavy atom. The number of fused-ring (bicyclic) bond motifs is 3. The molecule has 0 atom stereocenters. The van der Waals surface area contributed by atoms with Crippen molar-refractivity contribution in [2.45, 2.75) is 0 Å². The van der Waals surface area contributed by atoms with Gasteiger partial charge in [0.05, 0.1) is 16.7 Å². The van der Waals surface area contributed by atoms with E-state index in [1.165, 1.54) is 0 Å². The molecule has 0 bridgehead atoms. The molecule has 40 heavy (non-hydrogen) atoms. The second kappa shape index (κ2) is 9.96. The molecular formula is C34H23N4OP. The molecule has 0 N–H and O–H groups in total. The summed E-state index contributed by atoms with van der Waals surface area (Å²) in [5, 5.41) is 4.47. The van der Waals surface area contributed by atoms with Gasteiger partial charge in [0, 0.05) is 56.4 Å². The van der Waals surface area contributed by atoms with Crippen molar-refractivity contribution in [2.24, 2.45) is 0 Å². The molecule has 0 saturated heterocycles. The summed E-state index contributed by atoms with van der Waals surface area (Å²) in [7, 11) is -3.03. The first kappa shape index (κ1) is 24.1. The Kier molecular flexibility index (Phi) is 5.99. The van der Waals surface area contributed by atoms with E-state index in [9.17, 15) is 4.57 Å². The molecule has 4 aromatic carbocycles. The van der Waals surface area contributed by atoms with E-state index in [-0.39, 0.29) is 0 Å². The lowest BCUT2D eigenvalue weighted by molar-refractivity contribution is 0.592. The smallest absolute Gasteiger partial charge is 0.171 e. The maximum atomic E-state index is 14.6. The van der Waals surface area contributed by atoms with Crippen LogP contribution in [0, 0.1) is 0 Å². The Bertz CT molecular complexity index is 1970. The van der Waals surface area contributed by atoms with Crippen LogP contribution < -0.4 is 15.9 Å². The first-order valence-electron chi connectivity index (χ1n) is 13.0. The molecule has 3 aromatic heterocycles. The van der Waals surface area contributed by atoms with Crippen molar-refractivity contribution in [3.8, 4) is 22.6 Å². The van der Waals surface area contributed by atoms with Crippen LogP contribution in [0.3, 0.4) is 0 Å². The number of hydrogen-bond donors (Lipinski definition) is 0. The molecule has 0 aliphatic heterocycles. The maximum absolute atomic E-state index is 14.6. The van der Waals surface area contributed by atoms with Gasteiger partial charge in [-0.25, -0.2) is 15.0 Å². The highest BCUT2D eigenvalue weighted by molar-refractivity contribution is 7.85. The third kappa shape index (κ3) is 4.17. The fraction of sp³-hybridized carbons (Fsp3) is 0. The summed E-state index contributed by atoms with van der Waals surface area (Å²) in [5.74, 6) is 0.595. The zero-order valence-corrected chi connectivity index (χ0v) is 22.3. The Labute approximate surface area is 231 Å². The normalized spacial score (nSPS) is 11.6. The number of aromatic nitrogens is 4. The highest BCUT2D eigenvalue weighted by Gasteiger charge is 2.29. The Morgan fingerprint density at radius 3 is 1.70 bits per heavy atom. The highest BCUT2D eigenvalue weighted by Crippen LogP contribution is 2.42. The third-order valence-electron chi connectivity index (χ3n) is 7.11. The van der Waals surface area contributed by atoms with Crippen LogP contribution in [-0.4, -0.2) is 19.9 Å². The second-order valence-corrected chi connectivity index (χ2v) is 12.3. The largest absolute Gasteiger partial charge is 0.309 e. The summed E-state index contributed by atoms with van der Waals surface area (Å²) in [6.07, 6.45) is 5.38. The average molecular weight is 535 g/mol. The van der Waals surface area contributed by atoms with Crippen LogP contribution in [0.15, 0.2) is 140 Å². The van der Waals surface area contributed by atoms with Gasteiger partial charge in [0.2, 0.25) is 0 Å². The van der Waals surface area contributed by atoms with Gasteiger partial charge in [-0.1, -0.05) is 109 Å². The summed E-state index contributed by atoms with van der Waals surface area (Å²) in [5.41, 5.74) is 4.20. The molecule has 0 aliphatic carbocycles. The van der Waals surface area contributed by atoms with Crippen molar-refractivity contribution in [1.82, 2.24) is 19.9 Å². The average Bonchev–Trinajstić information content (AvgIpc) is 3.05. The van der Waals surface area contributed by atoms with Crippen molar-refractivity contribution < 1.29 is 4.57 Å². The van der Waals surface area contributed by atoms with Crippen molar-refractivity contribution in [3.05, 3.63) is 140 Å². The van der Waals surface area contributed by atoms with E-state index in [1.54, 1.807) is 18.6 Å². The van der Waals surface area contributed by atoms with Gasteiger partial charge in [-0.05, 0) is 12.1 Å². The Morgan fingerprint density at radius 2 is 1.05 bits per heavy atom. The van der Waals surface area contributed by atoms with E-state index in [2.05, 4.69) is 33.2 Å². The molecule has 3 heterocycles. The quantitative estimate of drug-likeness (QED) is 0.185. The van der Waals surface area contributed by atoms with Crippen LogP contribution in [0.25, 0.3) is 44.5 Å². The van der Waals surface area contributed by atoms with E-state index in [0.29, 0.717) is 5.82 Å². The number of pyridine rings is 2. The fourth-order valence-electron chi connectivity index (χ4n) is 5.04. The SMILES string of the molecule is O=P(c1ccccc1)(c1ccccc1)c1ccc(-c2ncc(-c3ccc4ccc5cccnc5c4n3)cn2)cc1. The lowest BCUT2D eigenvalue weighted by Gasteiger charge is -2.20. The number of nitrogens with zero attached hydrogens (tertiary/aromatic N) is 4. The first-order chi connectivity index (χ1) is 19.7. The molecule has 7 aromatic rings. The van der Waals surface area contributed by atoms with Crippen LogP contribution in [0.5, 0.6) is 0 Å². The molecule has 0 amide bonds. The van der Waals surface area contributed by atoms with Gasteiger partial charge >= 0.3 is 0 Å². The molecule has 0 unspecified atom stereocenters. The van der Waals surface area contributed by atoms with E-state index in [4.69, 9.17) is 4.98 Å². The molecule has 7 rings (SSSR count). The predicted molar refractivity (Wildman–Crippen MR) is 163 cm³/mol. The molecule has 5 nitrogen and oxygen atoms in total. The van der Waals surface area contributed by atoms with Crippen molar-refractivity contribution >= 4 is 44.9 Å². The summed E-state index contributed by atoms with van der Waals surface area (Å²) in [4.78, 5) is 18.7. The minimum Gasteiger partial charge on any atom is -0.309 e. The van der Waals surface area contributed by atoms with Crippen LogP contribution in [0.2, 0.25) is 0 Å². The van der Waals surface area contributed by atoms with Gasteiger partial charge in [-0.15, -0.1) is 0 Å². The highest BCUT2D eigenvalue weighted by atomic mass is 31.2.